The summed E-state index contributed by atoms with van der Waals surface area (Å²) in [5.41, 5.74) is -1.11. The molecule has 2 atom stereocenters. The summed E-state index contributed by atoms with van der Waals surface area (Å²) in [5.74, 6) is 0.389. The third-order valence-electron chi connectivity index (χ3n) is 7.67. The van der Waals surface area contributed by atoms with E-state index in [9.17, 15) is 9.59 Å². The van der Waals surface area contributed by atoms with E-state index in [1.165, 1.54) is 0 Å². The average Bonchev–Trinajstić information content (AvgIpc) is 2.65. The van der Waals surface area contributed by atoms with Crippen molar-refractivity contribution in [3.05, 3.63) is 0 Å². The predicted molar refractivity (Wildman–Crippen MR) is 95.6 cm³/mol. The number of fused-ring (bicyclic) bond motifs is 2. The van der Waals surface area contributed by atoms with Crippen LogP contribution in [0.3, 0.4) is 0 Å². The van der Waals surface area contributed by atoms with E-state index in [1.807, 2.05) is 0 Å². The number of rotatable bonds is 2. The largest absolute Gasteiger partial charge is 0.353 e. The SMILES string of the molecule is CC1(C)CC(NC(=O)[C@@]23CC[C@](C)(C(=O)C2)C3(C)C)CC(C)(C)N1. The normalized spacial score (nSPS) is 39.9. The van der Waals surface area contributed by atoms with E-state index in [0.29, 0.717) is 6.42 Å². The fraction of sp³-hybridized carbons (Fsp3) is 0.900. The molecule has 0 unspecified atom stereocenters. The summed E-state index contributed by atoms with van der Waals surface area (Å²) in [4.78, 5) is 25.9. The van der Waals surface area contributed by atoms with E-state index in [1.54, 1.807) is 0 Å². The molecule has 1 amide bonds. The van der Waals surface area contributed by atoms with Gasteiger partial charge in [-0.1, -0.05) is 20.8 Å². The van der Waals surface area contributed by atoms with Gasteiger partial charge in [-0.3, -0.25) is 9.59 Å². The maximum atomic E-state index is 13.3. The molecule has 2 N–H and O–H groups in total. The third kappa shape index (κ3) is 2.28. The first-order chi connectivity index (χ1) is 10.7. The lowest BCUT2D eigenvalue weighted by molar-refractivity contribution is -0.138. The fourth-order valence-electron chi connectivity index (χ4n) is 6.11. The zero-order valence-corrected chi connectivity index (χ0v) is 16.4. The van der Waals surface area contributed by atoms with Gasteiger partial charge in [0.2, 0.25) is 5.91 Å². The highest BCUT2D eigenvalue weighted by molar-refractivity contribution is 5.99. The van der Waals surface area contributed by atoms with Crippen LogP contribution in [0.5, 0.6) is 0 Å². The van der Waals surface area contributed by atoms with E-state index in [-0.39, 0.29) is 39.6 Å². The second-order valence-corrected chi connectivity index (χ2v) is 10.6. The molecule has 1 saturated heterocycles. The molecule has 2 aliphatic carbocycles. The number of carbonyl (C=O) groups is 2. The molecule has 0 spiro atoms. The van der Waals surface area contributed by atoms with Crippen LogP contribution < -0.4 is 10.6 Å². The van der Waals surface area contributed by atoms with Crippen LogP contribution in [0.15, 0.2) is 0 Å². The van der Waals surface area contributed by atoms with Crippen LogP contribution in [0.2, 0.25) is 0 Å². The number of carbonyl (C=O) groups excluding carboxylic acids is 2. The van der Waals surface area contributed by atoms with Gasteiger partial charge in [0.1, 0.15) is 5.78 Å². The molecule has 1 aliphatic heterocycles. The minimum atomic E-state index is -0.516. The summed E-state index contributed by atoms with van der Waals surface area (Å²) in [6.07, 6.45) is 3.94. The molecule has 3 fully saturated rings. The minimum absolute atomic E-state index is 0.00255. The molecule has 2 bridgehead atoms. The number of hydrogen-bond acceptors (Lipinski definition) is 3. The van der Waals surface area contributed by atoms with Gasteiger partial charge in [-0.25, -0.2) is 0 Å². The Morgan fingerprint density at radius 2 is 1.54 bits per heavy atom. The Labute approximate surface area is 146 Å². The number of ketones is 1. The number of amides is 1. The van der Waals surface area contributed by atoms with Gasteiger partial charge in [0, 0.05) is 29.0 Å². The highest BCUT2D eigenvalue weighted by Crippen LogP contribution is 2.70. The lowest BCUT2D eigenvalue weighted by atomic mass is 9.64. The molecular formula is C20H34N2O2. The lowest BCUT2D eigenvalue weighted by Gasteiger charge is -2.48. The summed E-state index contributed by atoms with van der Waals surface area (Å²) in [7, 11) is 0. The Balaban J connectivity index is 1.82. The van der Waals surface area contributed by atoms with Crippen molar-refractivity contribution < 1.29 is 9.59 Å². The molecule has 2 saturated carbocycles. The van der Waals surface area contributed by atoms with Gasteiger partial charge in [0.15, 0.2) is 0 Å². The van der Waals surface area contributed by atoms with Crippen molar-refractivity contribution in [1.82, 2.24) is 10.6 Å². The quantitative estimate of drug-likeness (QED) is 0.815. The molecule has 0 aromatic carbocycles. The van der Waals surface area contributed by atoms with Crippen molar-refractivity contribution in [3.8, 4) is 0 Å². The van der Waals surface area contributed by atoms with Crippen LogP contribution in [0.1, 0.15) is 80.6 Å². The zero-order valence-electron chi connectivity index (χ0n) is 16.4. The standard InChI is InChI=1S/C20H34N2O2/c1-16(2)10-13(11-17(3,4)22-16)21-15(24)20-9-8-19(7,14(23)12-20)18(20,5)6/h13,22H,8-12H2,1-7H3,(H,21,24)/t19-,20-/m1/s1. The van der Waals surface area contributed by atoms with Crippen molar-refractivity contribution in [3.63, 3.8) is 0 Å². The summed E-state index contributed by atoms with van der Waals surface area (Å²) < 4.78 is 0. The van der Waals surface area contributed by atoms with Crippen LogP contribution in [0.25, 0.3) is 0 Å². The Morgan fingerprint density at radius 3 is 1.96 bits per heavy atom. The maximum Gasteiger partial charge on any atom is 0.227 e. The van der Waals surface area contributed by atoms with E-state index in [2.05, 4.69) is 59.1 Å². The highest BCUT2D eigenvalue weighted by atomic mass is 16.2. The van der Waals surface area contributed by atoms with Crippen molar-refractivity contribution in [2.45, 2.75) is 97.7 Å². The van der Waals surface area contributed by atoms with Crippen LogP contribution in [-0.2, 0) is 9.59 Å². The fourth-order valence-corrected chi connectivity index (χ4v) is 6.11. The van der Waals surface area contributed by atoms with Crippen molar-refractivity contribution in [1.29, 1.82) is 0 Å². The average molecular weight is 335 g/mol. The van der Waals surface area contributed by atoms with Gasteiger partial charge >= 0.3 is 0 Å². The van der Waals surface area contributed by atoms with E-state index < -0.39 is 5.41 Å². The highest BCUT2D eigenvalue weighted by Gasteiger charge is 2.72. The lowest BCUT2D eigenvalue weighted by Crippen LogP contribution is -2.63. The molecule has 3 rings (SSSR count). The Morgan fingerprint density at radius 1 is 1.00 bits per heavy atom. The van der Waals surface area contributed by atoms with Crippen molar-refractivity contribution >= 4 is 11.7 Å². The van der Waals surface area contributed by atoms with Gasteiger partial charge < -0.3 is 10.6 Å². The second-order valence-electron chi connectivity index (χ2n) is 10.6. The Kier molecular flexibility index (Phi) is 3.61. The predicted octanol–water partition coefficient (Wildman–Crippen LogP) is 3.20. The smallest absolute Gasteiger partial charge is 0.227 e. The number of nitrogens with one attached hydrogen (secondary N) is 2. The molecule has 3 aliphatic rings. The Bertz CT molecular complexity index is 576. The number of hydrogen-bond donors (Lipinski definition) is 2. The molecular weight excluding hydrogens is 300 g/mol. The molecule has 1 heterocycles. The zero-order chi connectivity index (χ0) is 18.2. The topological polar surface area (TPSA) is 58.2 Å². The van der Waals surface area contributed by atoms with Crippen LogP contribution in [-0.4, -0.2) is 28.8 Å². The monoisotopic (exact) mass is 334 g/mol. The van der Waals surface area contributed by atoms with E-state index in [0.717, 1.165) is 25.7 Å². The van der Waals surface area contributed by atoms with Crippen molar-refractivity contribution in [2.75, 3.05) is 0 Å². The summed E-state index contributed by atoms with van der Waals surface area (Å²) in [6, 6.07) is 0.163. The van der Waals surface area contributed by atoms with Crippen LogP contribution in [0, 0.1) is 16.2 Å². The third-order valence-corrected chi connectivity index (χ3v) is 7.67. The molecule has 4 nitrogen and oxygen atoms in total. The molecule has 0 aromatic rings. The maximum absolute atomic E-state index is 13.3. The Hall–Kier alpha value is -0.900. The van der Waals surface area contributed by atoms with Crippen LogP contribution >= 0.6 is 0 Å². The minimum Gasteiger partial charge on any atom is -0.353 e. The van der Waals surface area contributed by atoms with Gasteiger partial charge in [-0.2, -0.15) is 0 Å². The number of Topliss-reactive ketones (excluding diaryl/α,β-unsaturated/α-hetero) is 1. The summed E-state index contributed by atoms with van der Waals surface area (Å²) in [6.45, 7) is 15.1. The molecule has 24 heavy (non-hydrogen) atoms. The molecule has 4 heteroatoms. The van der Waals surface area contributed by atoms with Gasteiger partial charge in [0.05, 0.1) is 5.41 Å². The molecule has 0 radical (unpaired) electrons. The molecule has 136 valence electrons. The van der Waals surface area contributed by atoms with E-state index >= 15 is 0 Å². The van der Waals surface area contributed by atoms with Crippen LogP contribution in [0.4, 0.5) is 0 Å². The summed E-state index contributed by atoms with van der Waals surface area (Å²) in [5, 5.41) is 7.01. The van der Waals surface area contributed by atoms with Gasteiger partial charge in [0.25, 0.3) is 0 Å². The summed E-state index contributed by atoms with van der Waals surface area (Å²) >= 11 is 0. The molecule has 0 aromatic heterocycles. The second kappa shape index (κ2) is 4.84. The van der Waals surface area contributed by atoms with Crippen molar-refractivity contribution in [2.24, 2.45) is 16.2 Å². The first-order valence-electron chi connectivity index (χ1n) is 9.38. The first-order valence-corrected chi connectivity index (χ1v) is 9.38. The van der Waals surface area contributed by atoms with E-state index in [4.69, 9.17) is 0 Å². The van der Waals surface area contributed by atoms with Gasteiger partial charge in [-0.05, 0) is 58.8 Å². The van der Waals surface area contributed by atoms with Gasteiger partial charge in [-0.15, -0.1) is 0 Å². The first kappa shape index (κ1) is 17.9. The number of piperidine rings is 1.